The first-order chi connectivity index (χ1) is 11.1. The zero-order valence-corrected chi connectivity index (χ0v) is 14.2. The third-order valence-electron chi connectivity index (χ3n) is 4.03. The lowest BCUT2D eigenvalue weighted by Crippen LogP contribution is -2.23. The average Bonchev–Trinajstić information content (AvgIpc) is 2.99. The summed E-state index contributed by atoms with van der Waals surface area (Å²) in [5, 5.41) is 7.49. The van der Waals surface area contributed by atoms with Crippen LogP contribution < -0.4 is 10.6 Å². The Balaban J connectivity index is 1.50. The van der Waals surface area contributed by atoms with Crippen LogP contribution in [0.3, 0.4) is 0 Å². The molecule has 0 aromatic heterocycles. The number of hydrogen-bond donors (Lipinski definition) is 2. The van der Waals surface area contributed by atoms with E-state index in [2.05, 4.69) is 28.8 Å². The maximum Gasteiger partial charge on any atom is 0.220 e. The predicted octanol–water partition coefficient (Wildman–Crippen LogP) is 3.85. The lowest BCUT2D eigenvalue weighted by atomic mass is 10.1. The van der Waals surface area contributed by atoms with Crippen molar-refractivity contribution in [2.75, 3.05) is 0 Å². The third kappa shape index (κ3) is 4.25. The van der Waals surface area contributed by atoms with E-state index in [1.165, 1.54) is 11.1 Å². The Morgan fingerprint density at radius 2 is 1.91 bits per heavy atom. The number of halogens is 2. The topological polar surface area (TPSA) is 41.1 Å². The van der Waals surface area contributed by atoms with Gasteiger partial charge in [0.1, 0.15) is 0 Å². The Bertz CT molecular complexity index is 731. The summed E-state index contributed by atoms with van der Waals surface area (Å²) in [4.78, 5) is 12.0. The number of carbonyl (C=O) groups is 1. The molecular weight excluding hydrogens is 331 g/mol. The van der Waals surface area contributed by atoms with E-state index in [0.29, 0.717) is 29.4 Å². The van der Waals surface area contributed by atoms with Crippen molar-refractivity contribution in [1.29, 1.82) is 0 Å². The second kappa shape index (κ2) is 7.35. The molecule has 0 saturated heterocycles. The molecule has 5 heteroatoms. The van der Waals surface area contributed by atoms with Crippen molar-refractivity contribution in [2.24, 2.45) is 0 Å². The Morgan fingerprint density at radius 3 is 2.74 bits per heavy atom. The molecule has 0 aliphatic carbocycles. The Labute approximate surface area is 146 Å². The number of hydrogen-bond acceptors (Lipinski definition) is 2. The van der Waals surface area contributed by atoms with Crippen molar-refractivity contribution >= 4 is 29.1 Å². The fourth-order valence-corrected chi connectivity index (χ4v) is 3.22. The van der Waals surface area contributed by atoms with Crippen LogP contribution in [0.1, 0.15) is 28.7 Å². The van der Waals surface area contributed by atoms with E-state index in [4.69, 9.17) is 23.2 Å². The standard InChI is InChI=1S/C18H18Cl2N2O/c19-16-5-3-13(17(20)8-16)4-6-18(23)22-9-12-1-2-14-10-21-11-15(14)7-12/h1-3,5,7-8,21H,4,6,9-11H2,(H,22,23). The van der Waals surface area contributed by atoms with Crippen LogP contribution in [0.15, 0.2) is 36.4 Å². The van der Waals surface area contributed by atoms with Crippen LogP contribution in [0.2, 0.25) is 10.0 Å². The van der Waals surface area contributed by atoms with Crippen molar-refractivity contribution in [3.05, 3.63) is 68.7 Å². The number of aryl methyl sites for hydroxylation is 1. The second-order valence-electron chi connectivity index (χ2n) is 5.72. The highest BCUT2D eigenvalue weighted by Crippen LogP contribution is 2.22. The number of benzene rings is 2. The third-order valence-corrected chi connectivity index (χ3v) is 4.61. The predicted molar refractivity (Wildman–Crippen MR) is 93.6 cm³/mol. The van der Waals surface area contributed by atoms with Crippen LogP contribution in [0.4, 0.5) is 0 Å². The zero-order valence-electron chi connectivity index (χ0n) is 12.7. The van der Waals surface area contributed by atoms with Crippen LogP contribution in [-0.4, -0.2) is 5.91 Å². The van der Waals surface area contributed by atoms with Crippen molar-refractivity contribution in [1.82, 2.24) is 10.6 Å². The van der Waals surface area contributed by atoms with Gasteiger partial charge in [-0.1, -0.05) is 47.5 Å². The normalized spacial score (nSPS) is 13.0. The van der Waals surface area contributed by atoms with Gasteiger partial charge in [0, 0.05) is 36.1 Å². The second-order valence-corrected chi connectivity index (χ2v) is 6.56. The number of amides is 1. The minimum Gasteiger partial charge on any atom is -0.352 e. The van der Waals surface area contributed by atoms with Gasteiger partial charge in [-0.25, -0.2) is 0 Å². The average molecular weight is 349 g/mol. The molecule has 120 valence electrons. The van der Waals surface area contributed by atoms with E-state index < -0.39 is 0 Å². The van der Waals surface area contributed by atoms with E-state index in [0.717, 1.165) is 24.2 Å². The summed E-state index contributed by atoms with van der Waals surface area (Å²) in [6, 6.07) is 11.7. The van der Waals surface area contributed by atoms with Gasteiger partial charge in [0.15, 0.2) is 0 Å². The Hall–Kier alpha value is -1.55. The van der Waals surface area contributed by atoms with Gasteiger partial charge in [-0.05, 0) is 40.8 Å². The summed E-state index contributed by atoms with van der Waals surface area (Å²) >= 11 is 12.0. The van der Waals surface area contributed by atoms with Gasteiger partial charge < -0.3 is 10.6 Å². The molecule has 0 spiro atoms. The summed E-state index contributed by atoms with van der Waals surface area (Å²) in [6.07, 6.45) is 1.02. The molecular formula is C18H18Cl2N2O. The molecule has 1 amide bonds. The lowest BCUT2D eigenvalue weighted by Gasteiger charge is -2.08. The van der Waals surface area contributed by atoms with Crippen LogP contribution in [0.25, 0.3) is 0 Å². The molecule has 2 aromatic carbocycles. The monoisotopic (exact) mass is 348 g/mol. The lowest BCUT2D eigenvalue weighted by molar-refractivity contribution is -0.121. The number of fused-ring (bicyclic) bond motifs is 1. The molecule has 3 nitrogen and oxygen atoms in total. The minimum absolute atomic E-state index is 0.0228. The van der Waals surface area contributed by atoms with Crippen molar-refractivity contribution in [3.63, 3.8) is 0 Å². The molecule has 0 unspecified atom stereocenters. The van der Waals surface area contributed by atoms with Gasteiger partial charge in [0.05, 0.1) is 0 Å². The van der Waals surface area contributed by atoms with Crippen LogP contribution in [-0.2, 0) is 30.8 Å². The van der Waals surface area contributed by atoms with Gasteiger partial charge >= 0.3 is 0 Å². The van der Waals surface area contributed by atoms with Crippen LogP contribution in [0.5, 0.6) is 0 Å². The molecule has 23 heavy (non-hydrogen) atoms. The maximum absolute atomic E-state index is 12.0. The van der Waals surface area contributed by atoms with Gasteiger partial charge in [0.25, 0.3) is 0 Å². The molecule has 1 aliphatic heterocycles. The maximum atomic E-state index is 12.0. The molecule has 0 bridgehead atoms. The zero-order chi connectivity index (χ0) is 16.2. The van der Waals surface area contributed by atoms with E-state index in [1.54, 1.807) is 12.1 Å². The molecule has 0 atom stereocenters. The number of rotatable bonds is 5. The first-order valence-corrected chi connectivity index (χ1v) is 8.39. The van der Waals surface area contributed by atoms with Gasteiger partial charge in [-0.3, -0.25) is 4.79 Å². The number of carbonyl (C=O) groups excluding carboxylic acids is 1. The molecule has 0 saturated carbocycles. The molecule has 3 rings (SSSR count). The molecule has 2 aromatic rings. The van der Waals surface area contributed by atoms with E-state index >= 15 is 0 Å². The quantitative estimate of drug-likeness (QED) is 0.861. The summed E-state index contributed by atoms with van der Waals surface area (Å²) in [5.41, 5.74) is 4.74. The molecule has 1 heterocycles. The fraction of sp³-hybridized carbons (Fsp3) is 0.278. The summed E-state index contributed by atoms with van der Waals surface area (Å²) in [5.74, 6) is 0.0228. The summed E-state index contributed by atoms with van der Waals surface area (Å²) in [6.45, 7) is 2.40. The Kier molecular flexibility index (Phi) is 5.21. The SMILES string of the molecule is O=C(CCc1ccc(Cl)cc1Cl)NCc1ccc2c(c1)CNC2. The van der Waals surface area contributed by atoms with E-state index in [1.807, 2.05) is 6.07 Å². The smallest absolute Gasteiger partial charge is 0.220 e. The molecule has 1 aliphatic rings. The van der Waals surface area contributed by atoms with Gasteiger partial charge in [-0.15, -0.1) is 0 Å². The first kappa shape index (κ1) is 16.3. The summed E-state index contributed by atoms with van der Waals surface area (Å²) < 4.78 is 0. The van der Waals surface area contributed by atoms with Crippen molar-refractivity contribution < 1.29 is 4.79 Å². The van der Waals surface area contributed by atoms with Crippen molar-refractivity contribution in [3.8, 4) is 0 Å². The largest absolute Gasteiger partial charge is 0.352 e. The fourth-order valence-electron chi connectivity index (χ4n) is 2.72. The first-order valence-electron chi connectivity index (χ1n) is 7.64. The van der Waals surface area contributed by atoms with Gasteiger partial charge in [0.2, 0.25) is 5.91 Å². The molecule has 0 radical (unpaired) electrons. The van der Waals surface area contributed by atoms with Crippen LogP contribution >= 0.6 is 23.2 Å². The minimum atomic E-state index is 0.0228. The Morgan fingerprint density at radius 1 is 1.09 bits per heavy atom. The van der Waals surface area contributed by atoms with Crippen molar-refractivity contribution in [2.45, 2.75) is 32.5 Å². The van der Waals surface area contributed by atoms with Gasteiger partial charge in [-0.2, -0.15) is 0 Å². The molecule has 0 fully saturated rings. The number of nitrogens with one attached hydrogen (secondary N) is 2. The highest BCUT2D eigenvalue weighted by atomic mass is 35.5. The van der Waals surface area contributed by atoms with E-state index in [-0.39, 0.29) is 5.91 Å². The highest BCUT2D eigenvalue weighted by Gasteiger charge is 2.10. The summed E-state index contributed by atoms with van der Waals surface area (Å²) in [7, 11) is 0. The highest BCUT2D eigenvalue weighted by molar-refractivity contribution is 6.35. The van der Waals surface area contributed by atoms with Crippen LogP contribution in [0, 0.1) is 0 Å². The molecule has 2 N–H and O–H groups in total. The van der Waals surface area contributed by atoms with E-state index in [9.17, 15) is 4.79 Å².